The van der Waals surface area contributed by atoms with E-state index in [2.05, 4.69) is 5.32 Å². The lowest BCUT2D eigenvalue weighted by atomic mass is 9.83. The number of benzene rings is 3. The summed E-state index contributed by atoms with van der Waals surface area (Å²) in [4.78, 5) is 24.4. The average Bonchev–Trinajstić information content (AvgIpc) is 2.86. The first-order valence-electron chi connectivity index (χ1n) is 10.5. The lowest BCUT2D eigenvalue weighted by Crippen LogP contribution is -2.37. The maximum Gasteiger partial charge on any atom is 0.307 e. The summed E-state index contributed by atoms with van der Waals surface area (Å²) in [6.07, 6.45) is -0.259. The van der Waals surface area contributed by atoms with Crippen LogP contribution >= 0.6 is 0 Å². The van der Waals surface area contributed by atoms with Gasteiger partial charge in [0.1, 0.15) is 5.60 Å². The Balaban J connectivity index is 1.76. The van der Waals surface area contributed by atoms with Crippen molar-refractivity contribution < 1.29 is 28.9 Å². The van der Waals surface area contributed by atoms with E-state index < -0.39 is 11.6 Å². The van der Waals surface area contributed by atoms with Crippen LogP contribution in [0.5, 0.6) is 11.5 Å². The molecular formula is C26H27NO6. The summed E-state index contributed by atoms with van der Waals surface area (Å²) in [7, 11) is 3.03. The number of nitrogens with one attached hydrogen (secondary N) is 1. The third-order valence-electron chi connectivity index (χ3n) is 5.26. The highest BCUT2D eigenvalue weighted by molar-refractivity contribution is 5.94. The molecule has 33 heavy (non-hydrogen) atoms. The van der Waals surface area contributed by atoms with Crippen LogP contribution in [0.25, 0.3) is 0 Å². The molecule has 0 unspecified atom stereocenters. The first-order valence-corrected chi connectivity index (χ1v) is 10.5. The van der Waals surface area contributed by atoms with E-state index in [1.807, 2.05) is 60.7 Å². The average molecular weight is 450 g/mol. The Kier molecular flexibility index (Phi) is 8.05. The summed E-state index contributed by atoms with van der Waals surface area (Å²) in [5.41, 5.74) is 0.674. The number of rotatable bonds is 11. The van der Waals surface area contributed by atoms with Crippen LogP contribution in [0.1, 0.15) is 27.9 Å². The Morgan fingerprint density at radius 3 is 1.94 bits per heavy atom. The zero-order chi connectivity index (χ0) is 23.7. The lowest BCUT2D eigenvalue weighted by molar-refractivity contribution is -0.144. The fraction of sp³-hybridized carbons (Fsp3) is 0.231. The van der Waals surface area contributed by atoms with Gasteiger partial charge in [0.2, 0.25) is 0 Å². The minimum absolute atomic E-state index is 0.107. The number of aliphatic carboxylic acids is 1. The number of hydrogen-bond acceptors (Lipinski definition) is 5. The van der Waals surface area contributed by atoms with Crippen molar-refractivity contribution in [3.8, 4) is 11.5 Å². The number of amides is 1. The molecule has 0 aliphatic carbocycles. The molecule has 3 aromatic rings. The maximum absolute atomic E-state index is 12.6. The molecule has 1 amide bonds. The Bertz CT molecular complexity index is 1030. The smallest absolute Gasteiger partial charge is 0.307 e. The number of carbonyl (C=O) groups is 2. The largest absolute Gasteiger partial charge is 0.493 e. The second-order valence-electron chi connectivity index (χ2n) is 7.30. The normalized spacial score (nSPS) is 11.0. The van der Waals surface area contributed by atoms with E-state index in [0.717, 1.165) is 11.1 Å². The summed E-state index contributed by atoms with van der Waals surface area (Å²) >= 11 is 0. The van der Waals surface area contributed by atoms with Gasteiger partial charge in [-0.15, -0.1) is 0 Å². The van der Waals surface area contributed by atoms with Gasteiger partial charge in [0.25, 0.3) is 5.91 Å². The number of methoxy groups -OCH3 is 2. The molecular weight excluding hydrogens is 422 g/mol. The van der Waals surface area contributed by atoms with Crippen LogP contribution in [0.15, 0.2) is 78.9 Å². The summed E-state index contributed by atoms with van der Waals surface area (Å²) in [5.74, 6) is -0.309. The van der Waals surface area contributed by atoms with Crippen LogP contribution < -0.4 is 14.8 Å². The Labute approximate surface area is 192 Å². The van der Waals surface area contributed by atoms with E-state index in [1.165, 1.54) is 14.2 Å². The topological polar surface area (TPSA) is 94.1 Å². The van der Waals surface area contributed by atoms with Crippen molar-refractivity contribution in [1.82, 2.24) is 5.32 Å². The summed E-state index contributed by atoms with van der Waals surface area (Å²) in [5, 5.41) is 12.5. The van der Waals surface area contributed by atoms with E-state index in [-0.39, 0.29) is 25.5 Å². The fourth-order valence-corrected chi connectivity index (χ4v) is 3.69. The van der Waals surface area contributed by atoms with Crippen molar-refractivity contribution in [2.45, 2.75) is 12.0 Å². The van der Waals surface area contributed by atoms with E-state index in [4.69, 9.17) is 14.2 Å². The molecule has 3 aromatic carbocycles. The molecule has 0 aliphatic heterocycles. The van der Waals surface area contributed by atoms with Crippen molar-refractivity contribution in [3.05, 3.63) is 95.6 Å². The summed E-state index contributed by atoms with van der Waals surface area (Å²) < 4.78 is 16.7. The van der Waals surface area contributed by atoms with Crippen LogP contribution in [-0.4, -0.2) is 44.4 Å². The second kappa shape index (κ2) is 11.2. The molecule has 0 radical (unpaired) electrons. The maximum atomic E-state index is 12.6. The summed E-state index contributed by atoms with van der Waals surface area (Å²) in [6, 6.07) is 23.4. The molecule has 3 rings (SSSR count). The molecule has 172 valence electrons. The third kappa shape index (κ3) is 5.70. The third-order valence-corrected chi connectivity index (χ3v) is 5.26. The van der Waals surface area contributed by atoms with Crippen molar-refractivity contribution in [2.75, 3.05) is 27.4 Å². The Morgan fingerprint density at radius 1 is 0.848 bits per heavy atom. The van der Waals surface area contributed by atoms with Gasteiger partial charge >= 0.3 is 5.97 Å². The molecule has 7 nitrogen and oxygen atoms in total. The Morgan fingerprint density at radius 2 is 1.42 bits per heavy atom. The molecule has 0 aliphatic rings. The molecule has 7 heteroatoms. The predicted octanol–water partition coefficient (Wildman–Crippen LogP) is 3.87. The van der Waals surface area contributed by atoms with Gasteiger partial charge in [-0.3, -0.25) is 9.59 Å². The molecule has 0 fully saturated rings. The Hall–Kier alpha value is -3.84. The second-order valence-corrected chi connectivity index (χ2v) is 7.30. The van der Waals surface area contributed by atoms with Crippen molar-refractivity contribution in [2.24, 2.45) is 0 Å². The molecule has 0 saturated carbocycles. The van der Waals surface area contributed by atoms with E-state index >= 15 is 0 Å². The van der Waals surface area contributed by atoms with E-state index in [9.17, 15) is 14.7 Å². The van der Waals surface area contributed by atoms with E-state index in [0.29, 0.717) is 17.1 Å². The first kappa shape index (κ1) is 23.8. The van der Waals surface area contributed by atoms with Crippen molar-refractivity contribution in [3.63, 3.8) is 0 Å². The SMILES string of the molecule is COc1ccc(C(=O)NCCOC(CC(=O)O)(c2ccccc2)c2ccccc2)cc1OC. The quantitative estimate of drug-likeness (QED) is 0.432. The minimum Gasteiger partial charge on any atom is -0.493 e. The van der Waals surface area contributed by atoms with Crippen molar-refractivity contribution in [1.29, 1.82) is 0 Å². The molecule has 0 bridgehead atoms. The van der Waals surface area contributed by atoms with Crippen LogP contribution in [-0.2, 0) is 15.1 Å². The van der Waals surface area contributed by atoms with Gasteiger partial charge in [0.15, 0.2) is 11.5 Å². The van der Waals surface area contributed by atoms with Gasteiger partial charge in [-0.25, -0.2) is 0 Å². The summed E-state index contributed by atoms with van der Waals surface area (Å²) in [6.45, 7) is 0.296. The highest BCUT2D eigenvalue weighted by Crippen LogP contribution is 2.37. The molecule has 0 aromatic heterocycles. The fourth-order valence-electron chi connectivity index (χ4n) is 3.69. The molecule has 2 N–H and O–H groups in total. The molecule has 0 heterocycles. The number of hydrogen-bond donors (Lipinski definition) is 2. The standard InChI is InChI=1S/C26H27NO6/c1-31-22-14-13-19(17-23(22)32-2)25(30)27-15-16-33-26(18-24(28)29,20-9-5-3-6-10-20)21-11-7-4-8-12-21/h3-14,17H,15-16,18H2,1-2H3,(H,27,30)(H,28,29). The molecule has 0 atom stereocenters. The van der Waals surface area contributed by atoms with Gasteiger partial charge in [-0.2, -0.15) is 0 Å². The van der Waals surface area contributed by atoms with Gasteiger partial charge in [-0.1, -0.05) is 60.7 Å². The highest BCUT2D eigenvalue weighted by atomic mass is 16.5. The van der Waals surface area contributed by atoms with Crippen LogP contribution in [0.2, 0.25) is 0 Å². The monoisotopic (exact) mass is 449 g/mol. The lowest BCUT2D eigenvalue weighted by Gasteiger charge is -2.34. The van der Waals surface area contributed by atoms with Crippen LogP contribution in [0.3, 0.4) is 0 Å². The predicted molar refractivity (Wildman–Crippen MR) is 124 cm³/mol. The minimum atomic E-state index is -1.19. The number of carboxylic acids is 1. The van der Waals surface area contributed by atoms with Gasteiger partial charge in [-0.05, 0) is 29.3 Å². The first-order chi connectivity index (χ1) is 16.0. The number of ether oxygens (including phenoxy) is 3. The zero-order valence-corrected chi connectivity index (χ0v) is 18.6. The van der Waals surface area contributed by atoms with Crippen LogP contribution in [0.4, 0.5) is 0 Å². The van der Waals surface area contributed by atoms with Gasteiger partial charge in [0.05, 0.1) is 27.2 Å². The highest BCUT2D eigenvalue weighted by Gasteiger charge is 2.37. The zero-order valence-electron chi connectivity index (χ0n) is 18.6. The van der Waals surface area contributed by atoms with Crippen molar-refractivity contribution >= 4 is 11.9 Å². The molecule has 0 spiro atoms. The number of carboxylic acid groups (broad SMARTS) is 1. The van der Waals surface area contributed by atoms with Gasteiger partial charge < -0.3 is 24.6 Å². The van der Waals surface area contributed by atoms with Crippen LogP contribution in [0, 0.1) is 0 Å². The molecule has 0 saturated heterocycles. The number of carbonyl (C=O) groups excluding carboxylic acids is 1. The van der Waals surface area contributed by atoms with E-state index in [1.54, 1.807) is 18.2 Å². The van der Waals surface area contributed by atoms with Gasteiger partial charge in [0, 0.05) is 12.1 Å².